The Morgan fingerprint density at radius 1 is 0.914 bits per heavy atom. The third-order valence-corrected chi connectivity index (χ3v) is 7.13. The Bertz CT molecular complexity index is 1160. The first-order valence-electron chi connectivity index (χ1n) is 12.3. The van der Waals surface area contributed by atoms with Crippen molar-refractivity contribution in [3.05, 3.63) is 82.4 Å². The summed E-state index contributed by atoms with van der Waals surface area (Å²) in [4.78, 5) is 2.32. The fourth-order valence-corrected chi connectivity index (χ4v) is 4.89. The van der Waals surface area contributed by atoms with Crippen LogP contribution in [0.4, 0.5) is 5.69 Å². The molecule has 0 aliphatic carbocycles. The van der Waals surface area contributed by atoms with Gasteiger partial charge in [0.05, 0.1) is 0 Å². The lowest BCUT2D eigenvalue weighted by Crippen LogP contribution is -2.38. The lowest BCUT2D eigenvalue weighted by atomic mass is 9.82. The number of benzene rings is 3. The second-order valence-corrected chi connectivity index (χ2v) is 10.2. The van der Waals surface area contributed by atoms with E-state index >= 15 is 0 Å². The van der Waals surface area contributed by atoms with Crippen LogP contribution < -0.4 is 19.9 Å². The van der Waals surface area contributed by atoms with Gasteiger partial charge in [-0.1, -0.05) is 30.3 Å². The maximum absolute atomic E-state index is 6.58. The van der Waals surface area contributed by atoms with Gasteiger partial charge in [-0.2, -0.15) is 0 Å². The molecule has 0 saturated carbocycles. The molecular weight excluding hydrogens is 436 g/mol. The molecule has 2 N–H and O–H groups in total. The second kappa shape index (κ2) is 10.2. The Kier molecular flexibility index (Phi) is 7.27. The zero-order valence-corrected chi connectivity index (χ0v) is 21.9. The van der Waals surface area contributed by atoms with Gasteiger partial charge in [-0.05, 0) is 88.2 Å². The number of hydrogen-bond acceptors (Lipinski definition) is 5. The predicted octanol–water partition coefficient (Wildman–Crippen LogP) is 6.04. The zero-order valence-electron chi connectivity index (χ0n) is 21.9. The Labute approximate surface area is 209 Å². The van der Waals surface area contributed by atoms with Gasteiger partial charge < -0.3 is 24.8 Å². The van der Waals surface area contributed by atoms with E-state index in [1.54, 1.807) is 0 Å². The molecule has 3 aromatic carbocycles. The molecule has 1 unspecified atom stereocenters. The van der Waals surface area contributed by atoms with Gasteiger partial charge in [0.15, 0.2) is 0 Å². The zero-order chi connectivity index (χ0) is 25.2. The highest BCUT2D eigenvalue weighted by atomic mass is 16.5. The molecule has 0 spiro atoms. The van der Waals surface area contributed by atoms with Crippen molar-refractivity contribution in [2.45, 2.75) is 52.7 Å². The molecule has 1 aliphatic rings. The van der Waals surface area contributed by atoms with Crippen molar-refractivity contribution in [2.75, 3.05) is 32.5 Å². The van der Waals surface area contributed by atoms with E-state index in [4.69, 9.17) is 19.9 Å². The average Bonchev–Trinajstić information content (AvgIpc) is 3.10. The molecule has 5 heteroatoms. The van der Waals surface area contributed by atoms with E-state index in [1.807, 2.05) is 42.5 Å². The normalized spacial score (nSPS) is 16.1. The lowest BCUT2D eigenvalue weighted by molar-refractivity contribution is 0.0908. The lowest BCUT2D eigenvalue weighted by Gasteiger charge is -2.30. The fourth-order valence-electron chi connectivity index (χ4n) is 4.89. The molecule has 1 aliphatic heterocycles. The third-order valence-electron chi connectivity index (χ3n) is 7.13. The monoisotopic (exact) mass is 474 g/mol. The average molecular weight is 475 g/mol. The number of nitrogens with two attached hydrogens (primary N) is 1. The van der Waals surface area contributed by atoms with Gasteiger partial charge in [-0.15, -0.1) is 0 Å². The van der Waals surface area contributed by atoms with Crippen molar-refractivity contribution >= 4 is 5.69 Å². The van der Waals surface area contributed by atoms with E-state index in [0.29, 0.717) is 13.2 Å². The summed E-state index contributed by atoms with van der Waals surface area (Å²) in [5.41, 5.74) is 12.1. The van der Waals surface area contributed by atoms with Crippen molar-refractivity contribution in [3.63, 3.8) is 0 Å². The molecule has 186 valence electrons. The van der Waals surface area contributed by atoms with Crippen molar-refractivity contribution in [3.8, 4) is 17.2 Å². The molecule has 0 fully saturated rings. The van der Waals surface area contributed by atoms with Crippen molar-refractivity contribution < 1.29 is 14.2 Å². The van der Waals surface area contributed by atoms with Gasteiger partial charge in [-0.25, -0.2) is 0 Å². The van der Waals surface area contributed by atoms with Crippen LogP contribution in [-0.2, 0) is 6.61 Å². The quantitative estimate of drug-likeness (QED) is 0.383. The minimum Gasteiger partial charge on any atom is -0.492 e. The molecule has 35 heavy (non-hydrogen) atoms. The largest absolute Gasteiger partial charge is 0.492 e. The van der Waals surface area contributed by atoms with Crippen LogP contribution in [0.1, 0.15) is 47.6 Å². The summed E-state index contributed by atoms with van der Waals surface area (Å²) in [7, 11) is 2.14. The highest BCUT2D eigenvalue weighted by Crippen LogP contribution is 2.51. The number of likely N-dealkylation sites (N-methyl/N-ethyl adjacent to an activating group) is 1. The van der Waals surface area contributed by atoms with E-state index in [9.17, 15) is 0 Å². The van der Waals surface area contributed by atoms with Crippen LogP contribution in [0.25, 0.3) is 0 Å². The SMILES string of the molecule is Cc1c(C)c2c(c(C)c1OCc1ccccc1)C(CN(C)CCOc1ccc(N)cc1)C(C)(C)O2. The standard InChI is InChI=1S/C30H38N2O3/c1-20-21(2)29-27(22(3)28(20)34-19-23-10-8-7-9-11-23)26(30(4,5)35-29)18-32(6)16-17-33-25-14-12-24(31)13-15-25/h7-15,26H,16-19,31H2,1-6H3. The van der Waals surface area contributed by atoms with Crippen LogP contribution in [0.15, 0.2) is 54.6 Å². The molecule has 0 bridgehead atoms. The van der Waals surface area contributed by atoms with E-state index in [1.165, 1.54) is 22.3 Å². The van der Waals surface area contributed by atoms with Gasteiger partial charge in [0.25, 0.3) is 0 Å². The third kappa shape index (κ3) is 5.40. The first-order valence-corrected chi connectivity index (χ1v) is 12.3. The number of nitrogens with zero attached hydrogens (tertiary/aromatic N) is 1. The van der Waals surface area contributed by atoms with Gasteiger partial charge in [-0.3, -0.25) is 0 Å². The molecule has 4 rings (SSSR count). The van der Waals surface area contributed by atoms with Crippen LogP contribution in [0.2, 0.25) is 0 Å². The van der Waals surface area contributed by atoms with Crippen LogP contribution in [0, 0.1) is 20.8 Å². The van der Waals surface area contributed by atoms with Crippen molar-refractivity contribution in [2.24, 2.45) is 0 Å². The Morgan fingerprint density at radius 2 is 1.60 bits per heavy atom. The molecule has 0 radical (unpaired) electrons. The number of ether oxygens (including phenoxy) is 3. The maximum atomic E-state index is 6.58. The molecule has 0 saturated heterocycles. The molecule has 5 nitrogen and oxygen atoms in total. The molecule has 1 atom stereocenters. The summed E-state index contributed by atoms with van der Waals surface area (Å²) >= 11 is 0. The summed E-state index contributed by atoms with van der Waals surface area (Å²) in [5, 5.41) is 0. The van der Waals surface area contributed by atoms with Crippen molar-refractivity contribution in [1.82, 2.24) is 4.90 Å². The van der Waals surface area contributed by atoms with Gasteiger partial charge in [0.1, 0.15) is 36.1 Å². The van der Waals surface area contributed by atoms with Gasteiger partial charge in [0.2, 0.25) is 0 Å². The molecule has 0 aromatic heterocycles. The second-order valence-electron chi connectivity index (χ2n) is 10.2. The molecule has 3 aromatic rings. The van der Waals surface area contributed by atoms with E-state index in [-0.39, 0.29) is 11.5 Å². The Balaban J connectivity index is 1.50. The summed E-state index contributed by atoms with van der Waals surface area (Å²) in [6.45, 7) is 13.7. The topological polar surface area (TPSA) is 57.0 Å². The smallest absolute Gasteiger partial charge is 0.127 e. The van der Waals surface area contributed by atoms with E-state index in [2.05, 4.69) is 58.7 Å². The predicted molar refractivity (Wildman–Crippen MR) is 143 cm³/mol. The van der Waals surface area contributed by atoms with Crippen LogP contribution in [0.3, 0.4) is 0 Å². The highest BCUT2D eigenvalue weighted by Gasteiger charge is 2.44. The summed E-state index contributed by atoms with van der Waals surface area (Å²) in [5.74, 6) is 3.06. The van der Waals surface area contributed by atoms with Gasteiger partial charge in [0, 0.05) is 30.3 Å². The molecular formula is C30H38N2O3. The Hall–Kier alpha value is -3.18. The Morgan fingerprint density at radius 3 is 2.29 bits per heavy atom. The fraction of sp³-hybridized carbons (Fsp3) is 0.400. The first kappa shape index (κ1) is 24.9. The molecule has 1 heterocycles. The van der Waals surface area contributed by atoms with Crippen LogP contribution in [0.5, 0.6) is 17.2 Å². The van der Waals surface area contributed by atoms with Crippen molar-refractivity contribution in [1.29, 1.82) is 0 Å². The van der Waals surface area contributed by atoms with E-state index in [0.717, 1.165) is 41.6 Å². The highest BCUT2D eigenvalue weighted by molar-refractivity contribution is 5.62. The first-order chi connectivity index (χ1) is 16.7. The summed E-state index contributed by atoms with van der Waals surface area (Å²) < 4.78 is 18.9. The minimum absolute atomic E-state index is 0.220. The summed E-state index contributed by atoms with van der Waals surface area (Å²) in [6.07, 6.45) is 0. The number of nitrogen functional groups attached to an aromatic ring is 1. The molecule has 0 amide bonds. The van der Waals surface area contributed by atoms with Gasteiger partial charge >= 0.3 is 0 Å². The number of hydrogen-bond donors (Lipinski definition) is 1. The van der Waals surface area contributed by atoms with Crippen LogP contribution >= 0.6 is 0 Å². The number of rotatable bonds is 9. The van der Waals surface area contributed by atoms with E-state index < -0.39 is 0 Å². The van der Waals surface area contributed by atoms with Crippen LogP contribution in [-0.4, -0.2) is 37.2 Å². The maximum Gasteiger partial charge on any atom is 0.127 e. The number of anilines is 1. The summed E-state index contributed by atoms with van der Waals surface area (Å²) in [6, 6.07) is 17.9. The minimum atomic E-state index is -0.311. The number of fused-ring (bicyclic) bond motifs is 1.